The first-order chi connectivity index (χ1) is 19.3. The zero-order valence-corrected chi connectivity index (χ0v) is 22.5. The molecule has 5 rings (SSSR count). The van der Waals surface area contributed by atoms with Gasteiger partial charge in [-0.2, -0.15) is 0 Å². The Hall–Kier alpha value is -3.56. The highest BCUT2D eigenvalue weighted by Gasteiger charge is 2.48. The summed E-state index contributed by atoms with van der Waals surface area (Å²) in [4.78, 5) is 52.4. The van der Waals surface area contributed by atoms with Crippen molar-refractivity contribution in [1.82, 2.24) is 16.0 Å². The molecule has 1 heterocycles. The second-order valence-electron chi connectivity index (χ2n) is 11.3. The molecule has 2 aromatic carbocycles. The molecule has 2 aliphatic carbocycles. The minimum atomic E-state index is -1.99. The van der Waals surface area contributed by atoms with Gasteiger partial charge in [0.25, 0.3) is 5.91 Å². The van der Waals surface area contributed by atoms with E-state index in [4.69, 9.17) is 0 Å². The maximum absolute atomic E-state index is 13.9. The maximum Gasteiger partial charge on any atom is 0.262 e. The second kappa shape index (κ2) is 11.9. The number of carbonyl (C=O) groups is 4. The molecule has 0 spiro atoms. The van der Waals surface area contributed by atoms with Gasteiger partial charge in [-0.05, 0) is 36.3 Å². The van der Waals surface area contributed by atoms with E-state index in [0.29, 0.717) is 30.5 Å². The van der Waals surface area contributed by atoms with E-state index in [1.807, 2.05) is 24.3 Å². The van der Waals surface area contributed by atoms with Crippen LogP contribution in [0.25, 0.3) is 11.1 Å². The molecule has 2 aromatic rings. The lowest BCUT2D eigenvalue weighted by Crippen LogP contribution is -2.56. The lowest BCUT2D eigenvalue weighted by atomic mass is 9.84. The van der Waals surface area contributed by atoms with E-state index in [1.165, 1.54) is 0 Å². The number of benzene rings is 2. The molecular weight excluding hydrogens is 510 g/mol. The van der Waals surface area contributed by atoms with E-state index in [0.717, 1.165) is 43.2 Å². The van der Waals surface area contributed by atoms with Crippen LogP contribution in [0.3, 0.4) is 0 Å². The minimum Gasteiger partial charge on any atom is -0.389 e. The lowest BCUT2D eigenvalue weighted by Gasteiger charge is -2.31. The Morgan fingerprint density at radius 1 is 0.875 bits per heavy atom. The van der Waals surface area contributed by atoms with Crippen molar-refractivity contribution in [1.29, 1.82) is 0 Å². The summed E-state index contributed by atoms with van der Waals surface area (Å²) >= 11 is 0. The number of amides is 3. The molecule has 9 heteroatoms. The summed E-state index contributed by atoms with van der Waals surface area (Å²) < 4.78 is 0. The molecular formula is C31H37N3O6. The van der Waals surface area contributed by atoms with Crippen LogP contribution in [0.4, 0.5) is 0 Å². The summed E-state index contributed by atoms with van der Waals surface area (Å²) in [5.74, 6) is -2.28. The summed E-state index contributed by atoms with van der Waals surface area (Å²) in [6.07, 6.45) is 6.04. The monoisotopic (exact) mass is 547 g/mol. The number of fused-ring (bicyclic) bond motifs is 3. The maximum atomic E-state index is 13.9. The molecule has 0 unspecified atom stereocenters. The van der Waals surface area contributed by atoms with Crippen molar-refractivity contribution >= 4 is 23.5 Å². The van der Waals surface area contributed by atoms with Crippen molar-refractivity contribution in [2.24, 2.45) is 11.8 Å². The third-order valence-electron chi connectivity index (χ3n) is 8.71. The lowest BCUT2D eigenvalue weighted by molar-refractivity contribution is -0.140. The number of ketones is 1. The Labute approximate surface area is 233 Å². The highest BCUT2D eigenvalue weighted by Crippen LogP contribution is 2.47. The predicted octanol–water partition coefficient (Wildman–Crippen LogP) is 1.93. The predicted molar refractivity (Wildman–Crippen MR) is 148 cm³/mol. The molecule has 9 nitrogen and oxygen atoms in total. The molecule has 3 atom stereocenters. The Bertz CT molecular complexity index is 1240. The van der Waals surface area contributed by atoms with E-state index >= 15 is 0 Å². The van der Waals surface area contributed by atoms with E-state index in [1.54, 1.807) is 24.3 Å². The standard InChI is InChI=1S/C31H37N3O6/c35-18-27(36)25(17-20-14-15-32-28(20)37)33-29(38)26(16-19-8-2-1-3-9-19)34-30(39)31(40)23-12-6-4-10-21(23)22-11-5-7-13-24(22)31/h4-7,10-13,19-20,25-26,35,40H,1-3,8-9,14-18H2,(H,32,37)(H,33,38)(H,34,39)/t20-,25-,26+/m0/s1. The van der Waals surface area contributed by atoms with Gasteiger partial charge < -0.3 is 26.2 Å². The van der Waals surface area contributed by atoms with Gasteiger partial charge in [0.05, 0.1) is 6.04 Å². The van der Waals surface area contributed by atoms with Gasteiger partial charge in [0.1, 0.15) is 12.6 Å². The van der Waals surface area contributed by atoms with Crippen LogP contribution in [0.15, 0.2) is 48.5 Å². The van der Waals surface area contributed by atoms with Gasteiger partial charge in [-0.1, -0.05) is 80.6 Å². The van der Waals surface area contributed by atoms with Crippen molar-refractivity contribution in [3.05, 3.63) is 59.7 Å². The van der Waals surface area contributed by atoms with Crippen LogP contribution in [-0.4, -0.2) is 59.0 Å². The molecule has 0 bridgehead atoms. The first kappa shape index (κ1) is 28.0. The highest BCUT2D eigenvalue weighted by molar-refractivity contribution is 6.01. The smallest absolute Gasteiger partial charge is 0.262 e. The topological polar surface area (TPSA) is 145 Å². The van der Waals surface area contributed by atoms with Gasteiger partial charge in [0.15, 0.2) is 11.4 Å². The van der Waals surface area contributed by atoms with Crippen LogP contribution in [0.5, 0.6) is 0 Å². The van der Waals surface area contributed by atoms with Crippen molar-refractivity contribution in [3.8, 4) is 11.1 Å². The van der Waals surface area contributed by atoms with Gasteiger partial charge in [0, 0.05) is 23.6 Å². The molecule has 212 valence electrons. The number of nitrogens with one attached hydrogen (secondary N) is 3. The normalized spacial score (nSPS) is 21.1. The summed E-state index contributed by atoms with van der Waals surface area (Å²) in [6, 6.07) is 12.3. The third kappa shape index (κ3) is 5.40. The average Bonchev–Trinajstić information content (AvgIpc) is 3.51. The molecule has 5 N–H and O–H groups in total. The number of aliphatic hydroxyl groups is 2. The Morgan fingerprint density at radius 2 is 1.50 bits per heavy atom. The zero-order chi connectivity index (χ0) is 28.3. The number of hydrogen-bond donors (Lipinski definition) is 5. The highest BCUT2D eigenvalue weighted by atomic mass is 16.3. The molecule has 3 amide bonds. The number of carbonyl (C=O) groups excluding carboxylic acids is 4. The van der Waals surface area contributed by atoms with Gasteiger partial charge in [0.2, 0.25) is 11.8 Å². The fraction of sp³-hybridized carbons (Fsp3) is 0.484. The van der Waals surface area contributed by atoms with Crippen LogP contribution in [0.2, 0.25) is 0 Å². The molecule has 1 aliphatic heterocycles. The number of hydrogen-bond acceptors (Lipinski definition) is 6. The van der Waals surface area contributed by atoms with E-state index in [-0.39, 0.29) is 18.2 Å². The first-order valence-electron chi connectivity index (χ1n) is 14.3. The quantitative estimate of drug-likeness (QED) is 0.307. The summed E-state index contributed by atoms with van der Waals surface area (Å²) in [7, 11) is 0. The van der Waals surface area contributed by atoms with Crippen molar-refractivity contribution in [2.45, 2.75) is 69.1 Å². The minimum absolute atomic E-state index is 0.0751. The Balaban J connectivity index is 1.41. The van der Waals surface area contributed by atoms with Crippen LogP contribution in [0.1, 0.15) is 62.5 Å². The van der Waals surface area contributed by atoms with Crippen molar-refractivity contribution in [3.63, 3.8) is 0 Å². The van der Waals surface area contributed by atoms with Gasteiger partial charge in [-0.15, -0.1) is 0 Å². The van der Waals surface area contributed by atoms with E-state index < -0.39 is 47.8 Å². The molecule has 0 aromatic heterocycles. The molecule has 2 fully saturated rings. The van der Waals surface area contributed by atoms with Gasteiger partial charge >= 0.3 is 0 Å². The summed E-state index contributed by atoms with van der Waals surface area (Å²) in [6.45, 7) is -0.272. The Kier molecular flexibility index (Phi) is 8.32. The van der Waals surface area contributed by atoms with Crippen molar-refractivity contribution in [2.75, 3.05) is 13.2 Å². The number of Topliss-reactive ketones (excluding diaryl/α,β-unsaturated/α-hetero) is 1. The molecule has 1 saturated carbocycles. The van der Waals surface area contributed by atoms with E-state index in [2.05, 4.69) is 16.0 Å². The van der Waals surface area contributed by atoms with Crippen molar-refractivity contribution < 1.29 is 29.4 Å². The summed E-state index contributed by atoms with van der Waals surface area (Å²) in [5.41, 5.74) is 0.428. The molecule has 40 heavy (non-hydrogen) atoms. The van der Waals surface area contributed by atoms with Crippen LogP contribution in [0, 0.1) is 11.8 Å². The first-order valence-corrected chi connectivity index (χ1v) is 14.3. The van der Waals surface area contributed by atoms with E-state index in [9.17, 15) is 29.4 Å². The van der Waals surface area contributed by atoms with Gasteiger partial charge in [-0.25, -0.2) is 0 Å². The van der Waals surface area contributed by atoms with Crippen LogP contribution in [-0.2, 0) is 24.8 Å². The fourth-order valence-electron chi connectivity index (χ4n) is 6.51. The average molecular weight is 548 g/mol. The van der Waals surface area contributed by atoms with Crippen LogP contribution < -0.4 is 16.0 Å². The SMILES string of the molecule is O=C1NCC[C@H]1C[C@H](NC(=O)[C@@H](CC1CCCCC1)NC(=O)C1(O)c2ccccc2-c2ccccc21)C(=O)CO. The third-order valence-corrected chi connectivity index (χ3v) is 8.71. The number of aliphatic hydroxyl groups excluding tert-OH is 1. The molecule has 0 radical (unpaired) electrons. The van der Waals surface area contributed by atoms with Gasteiger partial charge in [-0.3, -0.25) is 19.2 Å². The fourth-order valence-corrected chi connectivity index (χ4v) is 6.51. The largest absolute Gasteiger partial charge is 0.389 e. The number of rotatable bonds is 10. The summed E-state index contributed by atoms with van der Waals surface area (Å²) in [5, 5.41) is 29.8. The Morgan fingerprint density at radius 3 is 2.08 bits per heavy atom. The van der Waals surface area contributed by atoms with Crippen LogP contribution >= 0.6 is 0 Å². The molecule has 1 saturated heterocycles. The zero-order valence-electron chi connectivity index (χ0n) is 22.5. The molecule has 3 aliphatic rings. The second-order valence-corrected chi connectivity index (χ2v) is 11.3.